The van der Waals surface area contributed by atoms with Crippen molar-refractivity contribution in [3.8, 4) is 0 Å². The molecule has 0 spiro atoms. The number of nitrogens with one attached hydrogen (secondary N) is 1. The van der Waals surface area contributed by atoms with Crippen molar-refractivity contribution in [2.24, 2.45) is 17.8 Å². The maximum atomic E-state index is 13.9. The van der Waals surface area contributed by atoms with E-state index < -0.39 is 16.1 Å². The molecule has 1 unspecified atom stereocenters. The molecule has 5 aliphatic rings. The Balaban J connectivity index is 1.20. The highest BCUT2D eigenvalue weighted by atomic mass is 32.2. The van der Waals surface area contributed by atoms with Crippen LogP contribution in [-0.2, 0) is 31.4 Å². The molecule has 2 amide bonds. The van der Waals surface area contributed by atoms with Gasteiger partial charge in [-0.25, -0.2) is 8.42 Å². The van der Waals surface area contributed by atoms with E-state index in [0.717, 1.165) is 55.3 Å². The van der Waals surface area contributed by atoms with Crippen LogP contribution in [0.1, 0.15) is 82.3 Å². The predicted molar refractivity (Wildman–Crippen MR) is 170 cm³/mol. The lowest BCUT2D eigenvalue weighted by Crippen LogP contribution is -2.53. The molecule has 2 aromatic carbocycles. The molecule has 2 aromatic rings. The fourth-order valence-electron chi connectivity index (χ4n) is 9.02. The summed E-state index contributed by atoms with van der Waals surface area (Å²) in [5, 5.41) is 3.12. The first-order valence-electron chi connectivity index (χ1n) is 16.3. The molecule has 7 rings (SSSR count). The van der Waals surface area contributed by atoms with Gasteiger partial charge in [-0.1, -0.05) is 55.3 Å². The lowest BCUT2D eigenvalue weighted by atomic mass is 9.48. The molecule has 8 heteroatoms. The average Bonchev–Trinajstić information content (AvgIpc) is 3.48. The normalized spacial score (nSPS) is 27.2. The van der Waals surface area contributed by atoms with Gasteiger partial charge >= 0.3 is 0 Å². The van der Waals surface area contributed by atoms with E-state index in [1.54, 1.807) is 11.8 Å². The summed E-state index contributed by atoms with van der Waals surface area (Å²) in [6, 6.07) is 17.3. The topological polar surface area (TPSA) is 86.8 Å². The van der Waals surface area contributed by atoms with Crippen LogP contribution < -0.4 is 9.62 Å². The van der Waals surface area contributed by atoms with Crippen molar-refractivity contribution in [1.82, 2.24) is 10.2 Å². The molecular formula is C35H47N3O4S. The second-order valence-corrected chi connectivity index (χ2v) is 15.9. The van der Waals surface area contributed by atoms with Gasteiger partial charge in [0, 0.05) is 12.6 Å². The molecule has 4 bridgehead atoms. The number of sulfonamides is 1. The van der Waals surface area contributed by atoms with E-state index in [4.69, 9.17) is 0 Å². The molecule has 0 aromatic heterocycles. The summed E-state index contributed by atoms with van der Waals surface area (Å²) in [5.41, 5.74) is 3.09. The number of amides is 2. The van der Waals surface area contributed by atoms with Crippen LogP contribution in [0.3, 0.4) is 0 Å². The van der Waals surface area contributed by atoms with Crippen LogP contribution >= 0.6 is 0 Å². The molecule has 0 saturated heterocycles. The van der Waals surface area contributed by atoms with Crippen LogP contribution in [0.25, 0.3) is 0 Å². The van der Waals surface area contributed by atoms with Crippen molar-refractivity contribution in [2.45, 2.75) is 95.1 Å². The minimum Gasteiger partial charge on any atom is -0.352 e. The van der Waals surface area contributed by atoms with E-state index in [-0.39, 0.29) is 29.8 Å². The first kappa shape index (κ1) is 30.2. The van der Waals surface area contributed by atoms with Crippen LogP contribution in [0.5, 0.6) is 0 Å². The van der Waals surface area contributed by atoms with Crippen LogP contribution in [0.15, 0.2) is 54.6 Å². The Labute approximate surface area is 257 Å². The van der Waals surface area contributed by atoms with Gasteiger partial charge in [-0.2, -0.15) is 0 Å². The fourth-order valence-corrected chi connectivity index (χ4v) is 9.87. The van der Waals surface area contributed by atoms with E-state index in [1.165, 1.54) is 48.4 Å². The Kier molecular flexibility index (Phi) is 8.60. The summed E-state index contributed by atoms with van der Waals surface area (Å²) in [6.07, 6.45) is 13.7. The van der Waals surface area contributed by atoms with Gasteiger partial charge in [-0.15, -0.1) is 0 Å². The summed E-state index contributed by atoms with van der Waals surface area (Å²) in [5.74, 6) is 1.92. The first-order chi connectivity index (χ1) is 20.6. The van der Waals surface area contributed by atoms with Crippen molar-refractivity contribution in [3.05, 3.63) is 65.7 Å². The molecule has 1 atom stereocenters. The predicted octanol–water partition coefficient (Wildman–Crippen LogP) is 5.44. The van der Waals surface area contributed by atoms with Crippen LogP contribution in [0.4, 0.5) is 5.69 Å². The summed E-state index contributed by atoms with van der Waals surface area (Å²) in [7, 11) is -3.75. The van der Waals surface area contributed by atoms with Gasteiger partial charge in [0.15, 0.2) is 0 Å². The minimum atomic E-state index is -3.75. The molecule has 0 radical (unpaired) electrons. The molecular weight excluding hydrogens is 558 g/mol. The number of hydrogen-bond acceptors (Lipinski definition) is 4. The first-order valence-corrected chi connectivity index (χ1v) is 18.2. The van der Waals surface area contributed by atoms with Crippen molar-refractivity contribution >= 4 is 27.5 Å². The zero-order chi connectivity index (χ0) is 30.2. The Morgan fingerprint density at radius 1 is 0.907 bits per heavy atom. The lowest BCUT2D eigenvalue weighted by molar-refractivity contribution is -0.139. The summed E-state index contributed by atoms with van der Waals surface area (Å²) in [6.45, 7) is 1.73. The number of rotatable bonds is 11. The zero-order valence-electron chi connectivity index (χ0n) is 25.7. The van der Waals surface area contributed by atoms with E-state index in [1.807, 2.05) is 42.5 Å². The largest absolute Gasteiger partial charge is 0.352 e. The SMILES string of the molecule is CC(C(=O)NC1CCCC1)N(CCc1ccccc1)C(=O)CN(c1ccc(C23CC4CC(CC(C4)C2)C3)cc1)S(C)(=O)=O. The zero-order valence-corrected chi connectivity index (χ0v) is 26.5. The number of anilines is 1. The van der Waals surface area contributed by atoms with Crippen molar-refractivity contribution in [3.63, 3.8) is 0 Å². The molecule has 5 aliphatic carbocycles. The smallest absolute Gasteiger partial charge is 0.244 e. The number of benzene rings is 2. The number of hydrogen-bond donors (Lipinski definition) is 1. The number of carbonyl (C=O) groups is 2. The van der Waals surface area contributed by atoms with Crippen molar-refractivity contribution in [1.29, 1.82) is 0 Å². The quantitative estimate of drug-likeness (QED) is 0.370. The minimum absolute atomic E-state index is 0.140. The van der Waals surface area contributed by atoms with Crippen LogP contribution in [-0.4, -0.2) is 56.6 Å². The third kappa shape index (κ3) is 6.64. The number of nitrogens with zero attached hydrogens (tertiary/aromatic N) is 2. The van der Waals surface area contributed by atoms with Gasteiger partial charge in [-0.05, 0) is 111 Å². The second kappa shape index (κ2) is 12.3. The van der Waals surface area contributed by atoms with Gasteiger partial charge in [-0.3, -0.25) is 13.9 Å². The number of carbonyl (C=O) groups excluding carboxylic acids is 2. The third-order valence-electron chi connectivity index (χ3n) is 10.8. The van der Waals surface area contributed by atoms with Crippen molar-refractivity contribution < 1.29 is 18.0 Å². The maximum Gasteiger partial charge on any atom is 0.244 e. The Bertz CT molecular complexity index is 1370. The fraction of sp³-hybridized carbons (Fsp3) is 0.600. The van der Waals surface area contributed by atoms with Crippen LogP contribution in [0.2, 0.25) is 0 Å². The molecule has 7 nitrogen and oxygen atoms in total. The Hall–Kier alpha value is -2.87. The highest BCUT2D eigenvalue weighted by molar-refractivity contribution is 7.92. The summed E-state index contributed by atoms with van der Waals surface area (Å²) >= 11 is 0. The van der Waals surface area contributed by atoms with Gasteiger partial charge in [0.2, 0.25) is 21.8 Å². The molecule has 232 valence electrons. The van der Waals surface area contributed by atoms with E-state index >= 15 is 0 Å². The lowest BCUT2D eigenvalue weighted by Gasteiger charge is -2.57. The van der Waals surface area contributed by atoms with Gasteiger partial charge < -0.3 is 10.2 Å². The van der Waals surface area contributed by atoms with E-state index in [2.05, 4.69) is 17.4 Å². The highest BCUT2D eigenvalue weighted by Crippen LogP contribution is 2.60. The average molecular weight is 606 g/mol. The summed E-state index contributed by atoms with van der Waals surface area (Å²) in [4.78, 5) is 28.7. The van der Waals surface area contributed by atoms with Gasteiger partial charge in [0.25, 0.3) is 0 Å². The van der Waals surface area contributed by atoms with Crippen molar-refractivity contribution in [2.75, 3.05) is 23.7 Å². The Morgan fingerprint density at radius 2 is 1.49 bits per heavy atom. The van der Waals surface area contributed by atoms with E-state index in [0.29, 0.717) is 18.7 Å². The Morgan fingerprint density at radius 3 is 2.05 bits per heavy atom. The van der Waals surface area contributed by atoms with E-state index in [9.17, 15) is 18.0 Å². The third-order valence-corrected chi connectivity index (χ3v) is 12.0. The molecule has 1 N–H and O–H groups in total. The van der Waals surface area contributed by atoms with Crippen LogP contribution in [0, 0.1) is 17.8 Å². The van der Waals surface area contributed by atoms with Gasteiger partial charge in [0.05, 0.1) is 11.9 Å². The molecule has 5 saturated carbocycles. The molecule has 0 aliphatic heterocycles. The molecule has 43 heavy (non-hydrogen) atoms. The second-order valence-electron chi connectivity index (χ2n) is 14.0. The highest BCUT2D eigenvalue weighted by Gasteiger charge is 2.51. The maximum absolute atomic E-state index is 13.9. The summed E-state index contributed by atoms with van der Waals surface area (Å²) < 4.78 is 27.4. The monoisotopic (exact) mass is 605 g/mol. The molecule has 0 heterocycles. The van der Waals surface area contributed by atoms with Gasteiger partial charge in [0.1, 0.15) is 12.6 Å². The standard InChI is InChI=1S/C35H47N3O4S/c1-25(34(40)36-31-10-6-7-11-31)37(17-16-26-8-4-3-5-9-26)33(39)24-38(43(2,41)42)32-14-12-30(13-15-32)35-21-27-18-28(22-35)20-29(19-27)23-35/h3-5,8-9,12-15,25,27-29,31H,6-7,10-11,16-24H2,1-2H3,(H,36,40). The molecule has 5 fully saturated rings.